The van der Waals surface area contributed by atoms with Crippen molar-refractivity contribution in [3.8, 4) is 0 Å². The highest BCUT2D eigenvalue weighted by atomic mass is 14.7. The molecule has 0 atom stereocenters. The standard InChI is InChI=1S/C19H29N/c1-3-5-7-11-16(12-8-6-4-2)19-15-17-13-9-10-14-18(17)20-19/h9-10,13-16,20H,3-8,11-12H2,1-2H3. The molecule has 2 aromatic rings. The summed E-state index contributed by atoms with van der Waals surface area (Å²) in [5, 5.41) is 1.36. The van der Waals surface area contributed by atoms with Crippen LogP contribution in [-0.2, 0) is 0 Å². The van der Waals surface area contributed by atoms with E-state index in [9.17, 15) is 0 Å². The van der Waals surface area contributed by atoms with Crippen molar-refractivity contribution in [3.05, 3.63) is 36.0 Å². The molecule has 110 valence electrons. The molecular weight excluding hydrogens is 242 g/mol. The Labute approximate surface area is 123 Å². The summed E-state index contributed by atoms with van der Waals surface area (Å²) in [6.45, 7) is 4.57. The first-order valence-corrected chi connectivity index (χ1v) is 8.42. The maximum Gasteiger partial charge on any atom is 0.0456 e. The minimum atomic E-state index is 0.723. The van der Waals surface area contributed by atoms with Gasteiger partial charge in [0.2, 0.25) is 0 Å². The lowest BCUT2D eigenvalue weighted by atomic mass is 9.92. The number of aromatic nitrogens is 1. The van der Waals surface area contributed by atoms with Crippen LogP contribution in [0.4, 0.5) is 0 Å². The number of nitrogens with one attached hydrogen (secondary N) is 1. The Hall–Kier alpha value is -1.24. The fraction of sp³-hybridized carbons (Fsp3) is 0.579. The van der Waals surface area contributed by atoms with E-state index >= 15 is 0 Å². The lowest BCUT2D eigenvalue weighted by Gasteiger charge is -2.15. The van der Waals surface area contributed by atoms with Crippen LogP contribution in [0.1, 0.15) is 76.8 Å². The van der Waals surface area contributed by atoms with Gasteiger partial charge in [-0.05, 0) is 36.3 Å². The van der Waals surface area contributed by atoms with Gasteiger partial charge in [-0.2, -0.15) is 0 Å². The Kier molecular flexibility index (Phi) is 6.17. The van der Waals surface area contributed by atoms with Crippen LogP contribution in [0.2, 0.25) is 0 Å². The Balaban J connectivity index is 2.06. The van der Waals surface area contributed by atoms with Crippen molar-refractivity contribution in [2.24, 2.45) is 0 Å². The Morgan fingerprint density at radius 1 is 0.900 bits per heavy atom. The molecule has 0 aliphatic rings. The molecule has 1 aromatic heterocycles. The molecule has 0 saturated heterocycles. The molecule has 0 spiro atoms. The molecule has 0 saturated carbocycles. The van der Waals surface area contributed by atoms with Crippen molar-refractivity contribution in [2.45, 2.75) is 71.1 Å². The second-order valence-electron chi connectivity index (χ2n) is 6.00. The summed E-state index contributed by atoms with van der Waals surface area (Å²) in [4.78, 5) is 3.65. The third-order valence-electron chi connectivity index (χ3n) is 4.30. The van der Waals surface area contributed by atoms with Gasteiger partial charge in [-0.1, -0.05) is 70.6 Å². The zero-order chi connectivity index (χ0) is 14.2. The van der Waals surface area contributed by atoms with E-state index in [4.69, 9.17) is 0 Å². The Morgan fingerprint density at radius 3 is 2.15 bits per heavy atom. The molecule has 0 bridgehead atoms. The van der Waals surface area contributed by atoms with Crippen molar-refractivity contribution in [1.29, 1.82) is 0 Å². The molecule has 20 heavy (non-hydrogen) atoms. The first-order valence-electron chi connectivity index (χ1n) is 8.42. The normalized spacial score (nSPS) is 11.6. The summed E-state index contributed by atoms with van der Waals surface area (Å²) >= 11 is 0. The number of H-pyrrole nitrogens is 1. The van der Waals surface area contributed by atoms with Crippen LogP contribution in [-0.4, -0.2) is 4.98 Å². The summed E-state index contributed by atoms with van der Waals surface area (Å²) in [7, 11) is 0. The van der Waals surface area contributed by atoms with Crippen LogP contribution in [0.3, 0.4) is 0 Å². The number of para-hydroxylation sites is 1. The monoisotopic (exact) mass is 271 g/mol. The first kappa shape index (κ1) is 15.2. The van der Waals surface area contributed by atoms with Crippen molar-refractivity contribution in [1.82, 2.24) is 4.98 Å². The second kappa shape index (κ2) is 8.14. The highest BCUT2D eigenvalue weighted by molar-refractivity contribution is 5.80. The summed E-state index contributed by atoms with van der Waals surface area (Å²) in [5.74, 6) is 0.723. The van der Waals surface area contributed by atoms with Crippen molar-refractivity contribution in [2.75, 3.05) is 0 Å². The smallest absolute Gasteiger partial charge is 0.0456 e. The molecule has 1 heterocycles. The average molecular weight is 271 g/mol. The summed E-state index contributed by atoms with van der Waals surface area (Å²) in [6, 6.07) is 11.0. The number of hydrogen-bond donors (Lipinski definition) is 1. The molecule has 0 radical (unpaired) electrons. The SMILES string of the molecule is CCCCCC(CCCCC)c1cc2ccccc2[nH]1. The van der Waals surface area contributed by atoms with Gasteiger partial charge < -0.3 is 4.98 Å². The molecular formula is C19H29N. The zero-order valence-corrected chi connectivity index (χ0v) is 13.1. The van der Waals surface area contributed by atoms with E-state index in [-0.39, 0.29) is 0 Å². The number of benzene rings is 1. The second-order valence-corrected chi connectivity index (χ2v) is 6.00. The topological polar surface area (TPSA) is 15.8 Å². The molecule has 1 aromatic carbocycles. The van der Waals surface area contributed by atoms with Gasteiger partial charge in [-0.15, -0.1) is 0 Å². The van der Waals surface area contributed by atoms with E-state index in [0.717, 1.165) is 5.92 Å². The van der Waals surface area contributed by atoms with E-state index in [1.807, 2.05) is 0 Å². The fourth-order valence-electron chi connectivity index (χ4n) is 3.05. The molecule has 0 aliphatic heterocycles. The fourth-order valence-corrected chi connectivity index (χ4v) is 3.05. The zero-order valence-electron chi connectivity index (χ0n) is 13.1. The lowest BCUT2D eigenvalue weighted by molar-refractivity contribution is 0.500. The molecule has 0 unspecified atom stereocenters. The van der Waals surface area contributed by atoms with Crippen molar-refractivity contribution < 1.29 is 0 Å². The third kappa shape index (κ3) is 4.13. The Bertz CT molecular complexity index is 454. The van der Waals surface area contributed by atoms with Crippen molar-refractivity contribution >= 4 is 10.9 Å². The highest BCUT2D eigenvalue weighted by Crippen LogP contribution is 2.30. The lowest BCUT2D eigenvalue weighted by Crippen LogP contribution is -2.00. The maximum atomic E-state index is 3.65. The summed E-state index contributed by atoms with van der Waals surface area (Å²) in [5.41, 5.74) is 2.75. The van der Waals surface area contributed by atoms with Crippen LogP contribution >= 0.6 is 0 Å². The Morgan fingerprint density at radius 2 is 1.55 bits per heavy atom. The molecule has 0 fully saturated rings. The van der Waals surface area contributed by atoms with Crippen LogP contribution in [0.15, 0.2) is 30.3 Å². The van der Waals surface area contributed by atoms with Gasteiger partial charge in [-0.25, -0.2) is 0 Å². The van der Waals surface area contributed by atoms with Gasteiger partial charge in [0.25, 0.3) is 0 Å². The van der Waals surface area contributed by atoms with Crippen LogP contribution in [0, 0.1) is 0 Å². The molecule has 2 rings (SSSR count). The number of fused-ring (bicyclic) bond motifs is 1. The summed E-state index contributed by atoms with van der Waals surface area (Å²) < 4.78 is 0. The van der Waals surface area contributed by atoms with E-state index in [1.54, 1.807) is 0 Å². The molecule has 1 N–H and O–H groups in total. The predicted octanol–water partition coefficient (Wildman–Crippen LogP) is 6.41. The van der Waals surface area contributed by atoms with E-state index in [2.05, 4.69) is 49.2 Å². The van der Waals surface area contributed by atoms with Gasteiger partial charge in [0.1, 0.15) is 0 Å². The van der Waals surface area contributed by atoms with Crippen LogP contribution < -0.4 is 0 Å². The van der Waals surface area contributed by atoms with E-state index < -0.39 is 0 Å². The number of hydrogen-bond acceptors (Lipinski definition) is 0. The quantitative estimate of drug-likeness (QED) is 0.507. The molecule has 1 nitrogen and oxygen atoms in total. The van der Waals surface area contributed by atoms with Gasteiger partial charge in [-0.3, -0.25) is 0 Å². The minimum Gasteiger partial charge on any atom is -0.358 e. The van der Waals surface area contributed by atoms with Crippen LogP contribution in [0.25, 0.3) is 10.9 Å². The van der Waals surface area contributed by atoms with E-state index in [0.29, 0.717) is 0 Å². The van der Waals surface area contributed by atoms with Gasteiger partial charge >= 0.3 is 0 Å². The summed E-state index contributed by atoms with van der Waals surface area (Å²) in [6.07, 6.45) is 10.8. The molecule has 0 amide bonds. The largest absolute Gasteiger partial charge is 0.358 e. The van der Waals surface area contributed by atoms with Crippen molar-refractivity contribution in [3.63, 3.8) is 0 Å². The third-order valence-corrected chi connectivity index (χ3v) is 4.30. The molecule has 0 aliphatic carbocycles. The molecule has 1 heteroatoms. The van der Waals surface area contributed by atoms with Gasteiger partial charge in [0, 0.05) is 11.2 Å². The number of aromatic amines is 1. The highest BCUT2D eigenvalue weighted by Gasteiger charge is 2.13. The van der Waals surface area contributed by atoms with Gasteiger partial charge in [0.15, 0.2) is 0 Å². The minimum absolute atomic E-state index is 0.723. The van der Waals surface area contributed by atoms with Crippen LogP contribution in [0.5, 0.6) is 0 Å². The number of rotatable bonds is 9. The van der Waals surface area contributed by atoms with Gasteiger partial charge in [0.05, 0.1) is 0 Å². The van der Waals surface area contributed by atoms with E-state index in [1.165, 1.54) is 68.0 Å². The maximum absolute atomic E-state index is 3.65. The first-order chi connectivity index (χ1) is 9.85. The predicted molar refractivity (Wildman–Crippen MR) is 89.3 cm³/mol. The average Bonchev–Trinajstić information content (AvgIpc) is 2.89. The number of unbranched alkanes of at least 4 members (excludes halogenated alkanes) is 4.